The van der Waals surface area contributed by atoms with Gasteiger partial charge >= 0.3 is 0 Å². The number of fused-ring (bicyclic) bond motifs is 1. The highest BCUT2D eigenvalue weighted by molar-refractivity contribution is 7.18. The normalized spacial score (nSPS) is 14.2. The van der Waals surface area contributed by atoms with Crippen LogP contribution >= 0.6 is 22.9 Å². The van der Waals surface area contributed by atoms with Gasteiger partial charge in [0.15, 0.2) is 0 Å². The highest BCUT2D eigenvalue weighted by Gasteiger charge is 2.22. The summed E-state index contributed by atoms with van der Waals surface area (Å²) in [5, 5.41) is 4.73. The number of rotatable bonds is 4. The van der Waals surface area contributed by atoms with Crippen LogP contribution in [0.5, 0.6) is 5.75 Å². The second-order valence-electron chi connectivity index (χ2n) is 6.36. The summed E-state index contributed by atoms with van der Waals surface area (Å²) in [7, 11) is 0. The summed E-state index contributed by atoms with van der Waals surface area (Å²) in [6, 6.07) is 19.3. The van der Waals surface area contributed by atoms with Crippen molar-refractivity contribution in [1.82, 2.24) is 5.32 Å². The molecule has 1 aromatic heterocycles. The summed E-state index contributed by atoms with van der Waals surface area (Å²) in [6.07, 6.45) is 0. The van der Waals surface area contributed by atoms with Crippen molar-refractivity contribution in [3.05, 3.63) is 76.1 Å². The minimum Gasteiger partial charge on any atom is -0.490 e. The molecule has 2 aromatic carbocycles. The van der Waals surface area contributed by atoms with Crippen molar-refractivity contribution in [1.29, 1.82) is 0 Å². The largest absolute Gasteiger partial charge is 0.490 e. The third-order valence-electron chi connectivity index (χ3n) is 4.51. The van der Waals surface area contributed by atoms with Crippen LogP contribution in [0.3, 0.4) is 0 Å². The van der Waals surface area contributed by atoms with Crippen LogP contribution in [-0.4, -0.2) is 19.1 Å². The molecule has 0 unspecified atom stereocenters. The van der Waals surface area contributed by atoms with E-state index in [4.69, 9.17) is 16.3 Å². The van der Waals surface area contributed by atoms with Gasteiger partial charge in [-0.05, 0) is 42.8 Å². The third kappa shape index (κ3) is 3.80. The Kier molecular flexibility index (Phi) is 5.05. The number of nitrogens with zero attached hydrogens (tertiary/aromatic N) is 1. The molecule has 0 spiro atoms. The number of amides is 1. The van der Waals surface area contributed by atoms with Crippen LogP contribution in [0.4, 0.5) is 10.7 Å². The molecule has 138 valence electrons. The van der Waals surface area contributed by atoms with Gasteiger partial charge in [-0.1, -0.05) is 41.9 Å². The zero-order valence-electron chi connectivity index (χ0n) is 14.8. The molecule has 1 aliphatic rings. The van der Waals surface area contributed by atoms with E-state index in [1.54, 1.807) is 0 Å². The lowest BCUT2D eigenvalue weighted by Gasteiger charge is -2.30. The number of carbonyl (C=O) groups is 1. The van der Waals surface area contributed by atoms with Crippen molar-refractivity contribution < 1.29 is 9.53 Å². The summed E-state index contributed by atoms with van der Waals surface area (Å²) in [6.45, 7) is 3.30. The Hall–Kier alpha value is -2.50. The van der Waals surface area contributed by atoms with E-state index in [9.17, 15) is 4.79 Å². The van der Waals surface area contributed by atoms with E-state index in [0.717, 1.165) is 28.5 Å². The number of carbonyl (C=O) groups excluding carboxylic acids is 1. The summed E-state index contributed by atoms with van der Waals surface area (Å²) >= 11 is 7.63. The molecule has 1 N–H and O–H groups in total. The molecular formula is C21H19ClN2O2S. The number of hydrogen-bond acceptors (Lipinski definition) is 4. The number of thiophene rings is 1. The van der Waals surface area contributed by atoms with Crippen molar-refractivity contribution in [2.45, 2.75) is 13.0 Å². The van der Waals surface area contributed by atoms with Gasteiger partial charge in [0.05, 0.1) is 28.2 Å². The maximum atomic E-state index is 12.7. The lowest BCUT2D eigenvalue weighted by molar-refractivity contribution is 0.0944. The average molecular weight is 399 g/mol. The van der Waals surface area contributed by atoms with E-state index < -0.39 is 0 Å². The number of halogens is 1. The molecular weight excluding hydrogens is 380 g/mol. The van der Waals surface area contributed by atoms with Gasteiger partial charge in [0, 0.05) is 5.02 Å². The molecule has 0 saturated carbocycles. The van der Waals surface area contributed by atoms with Crippen LogP contribution in [-0.2, 0) is 0 Å². The van der Waals surface area contributed by atoms with Crippen molar-refractivity contribution in [2.75, 3.05) is 18.1 Å². The molecule has 1 atom stereocenters. The fourth-order valence-electron chi connectivity index (χ4n) is 3.11. The lowest BCUT2D eigenvalue weighted by Crippen LogP contribution is -2.28. The van der Waals surface area contributed by atoms with Gasteiger partial charge in [0.25, 0.3) is 5.91 Å². The predicted molar refractivity (Wildman–Crippen MR) is 111 cm³/mol. The van der Waals surface area contributed by atoms with Gasteiger partial charge in [-0.3, -0.25) is 4.79 Å². The van der Waals surface area contributed by atoms with Gasteiger partial charge in [-0.15, -0.1) is 11.3 Å². The molecule has 0 saturated heterocycles. The van der Waals surface area contributed by atoms with E-state index in [1.807, 2.05) is 67.6 Å². The number of anilines is 2. The Morgan fingerprint density at radius 1 is 1.19 bits per heavy atom. The molecule has 2 heterocycles. The Morgan fingerprint density at radius 3 is 2.81 bits per heavy atom. The Morgan fingerprint density at radius 2 is 2.00 bits per heavy atom. The van der Waals surface area contributed by atoms with Gasteiger partial charge < -0.3 is 15.0 Å². The van der Waals surface area contributed by atoms with Crippen molar-refractivity contribution in [2.24, 2.45) is 0 Å². The first-order valence-electron chi connectivity index (χ1n) is 8.77. The molecule has 4 rings (SSSR count). The van der Waals surface area contributed by atoms with Crippen LogP contribution in [0.2, 0.25) is 5.02 Å². The molecule has 1 aliphatic heterocycles. The van der Waals surface area contributed by atoms with Gasteiger partial charge in [-0.25, -0.2) is 0 Å². The van der Waals surface area contributed by atoms with E-state index >= 15 is 0 Å². The Labute approximate surface area is 167 Å². The molecule has 6 heteroatoms. The predicted octanol–water partition coefficient (Wildman–Crippen LogP) is 5.42. The van der Waals surface area contributed by atoms with Crippen LogP contribution in [0.25, 0.3) is 0 Å². The van der Waals surface area contributed by atoms with Gasteiger partial charge in [0.1, 0.15) is 12.4 Å². The fraction of sp³-hybridized carbons (Fsp3) is 0.190. The lowest BCUT2D eigenvalue weighted by atomic mass is 10.1. The maximum absolute atomic E-state index is 12.7. The van der Waals surface area contributed by atoms with Crippen molar-refractivity contribution in [3.8, 4) is 5.75 Å². The zero-order valence-corrected chi connectivity index (χ0v) is 16.4. The number of nitrogens with one attached hydrogen (secondary N) is 1. The smallest absolute Gasteiger partial charge is 0.261 e. The highest BCUT2D eigenvalue weighted by atomic mass is 35.5. The van der Waals surface area contributed by atoms with Crippen LogP contribution in [0.15, 0.2) is 60.7 Å². The van der Waals surface area contributed by atoms with Gasteiger partial charge in [0.2, 0.25) is 0 Å². The highest BCUT2D eigenvalue weighted by Crippen LogP contribution is 2.40. The standard InChI is InChI=1S/C21H19ClN2O2S/c1-14(15-5-3-2-4-6-15)23-21(25)19-9-10-20(27-19)24-11-12-26-18-8-7-16(22)13-17(18)24/h2-10,13-14H,11-12H2,1H3,(H,23,25)/t14-/m0/s1. The molecule has 4 nitrogen and oxygen atoms in total. The first-order valence-corrected chi connectivity index (χ1v) is 9.97. The minimum atomic E-state index is -0.0674. The first kappa shape index (κ1) is 17.9. The van der Waals surface area contributed by atoms with E-state index in [2.05, 4.69) is 10.2 Å². The van der Waals surface area contributed by atoms with E-state index in [1.165, 1.54) is 11.3 Å². The van der Waals surface area contributed by atoms with Crippen LogP contribution in [0, 0.1) is 0 Å². The summed E-state index contributed by atoms with van der Waals surface area (Å²) in [5.41, 5.74) is 2.01. The summed E-state index contributed by atoms with van der Waals surface area (Å²) in [5.74, 6) is 0.741. The number of hydrogen-bond donors (Lipinski definition) is 1. The minimum absolute atomic E-state index is 0.0489. The SMILES string of the molecule is C[C@H](NC(=O)c1ccc(N2CCOc3ccc(Cl)cc32)s1)c1ccccc1. The molecule has 0 radical (unpaired) electrons. The average Bonchev–Trinajstić information content (AvgIpc) is 3.18. The van der Waals surface area contributed by atoms with E-state index in [-0.39, 0.29) is 11.9 Å². The summed E-state index contributed by atoms with van der Waals surface area (Å²) < 4.78 is 5.71. The summed E-state index contributed by atoms with van der Waals surface area (Å²) in [4.78, 5) is 15.5. The number of benzene rings is 2. The molecule has 0 aliphatic carbocycles. The van der Waals surface area contributed by atoms with Crippen molar-refractivity contribution >= 4 is 39.5 Å². The Bertz CT molecular complexity index is 958. The van der Waals surface area contributed by atoms with E-state index in [0.29, 0.717) is 16.5 Å². The molecule has 3 aromatic rings. The van der Waals surface area contributed by atoms with Crippen molar-refractivity contribution in [3.63, 3.8) is 0 Å². The molecule has 27 heavy (non-hydrogen) atoms. The zero-order chi connectivity index (χ0) is 18.8. The fourth-order valence-corrected chi connectivity index (χ4v) is 4.22. The second-order valence-corrected chi connectivity index (χ2v) is 7.85. The third-order valence-corrected chi connectivity index (χ3v) is 5.86. The quantitative estimate of drug-likeness (QED) is 0.637. The molecule has 0 fully saturated rings. The second kappa shape index (κ2) is 7.62. The molecule has 1 amide bonds. The van der Waals surface area contributed by atoms with Crippen LogP contribution in [0.1, 0.15) is 28.2 Å². The number of ether oxygens (including phenoxy) is 1. The van der Waals surface area contributed by atoms with Crippen LogP contribution < -0.4 is 15.0 Å². The topological polar surface area (TPSA) is 41.6 Å². The maximum Gasteiger partial charge on any atom is 0.261 e. The monoisotopic (exact) mass is 398 g/mol. The first-order chi connectivity index (χ1) is 13.1. The molecule has 0 bridgehead atoms. The Balaban J connectivity index is 1.53. The van der Waals surface area contributed by atoms with Gasteiger partial charge in [-0.2, -0.15) is 0 Å².